The quantitative estimate of drug-likeness (QED) is 0.727. The lowest BCUT2D eigenvalue weighted by molar-refractivity contribution is -0.201. The van der Waals surface area contributed by atoms with Gasteiger partial charge in [0.2, 0.25) is 11.8 Å². The standard InChI is InChI=1S/C14H23N3O3/c1-9-4-10(9)13(19)17-7-14(8-17)6-16(3)11(5-20-14)12(18)15-2/h9-11H,4-8H2,1-3H3,(H,15,18)/t9-,10-,11-/m0/s1. The molecule has 112 valence electrons. The van der Waals surface area contributed by atoms with Gasteiger partial charge in [0.15, 0.2) is 0 Å². The van der Waals surface area contributed by atoms with Gasteiger partial charge in [0.1, 0.15) is 11.6 Å². The van der Waals surface area contributed by atoms with E-state index in [2.05, 4.69) is 12.2 Å². The van der Waals surface area contributed by atoms with Gasteiger partial charge in [0, 0.05) is 19.5 Å². The topological polar surface area (TPSA) is 61.9 Å². The highest BCUT2D eigenvalue weighted by Crippen LogP contribution is 2.42. The molecule has 2 heterocycles. The number of hydrogen-bond donors (Lipinski definition) is 1. The van der Waals surface area contributed by atoms with Gasteiger partial charge in [-0.2, -0.15) is 0 Å². The number of amides is 2. The molecule has 1 aliphatic carbocycles. The number of carbonyl (C=O) groups is 2. The fourth-order valence-corrected chi connectivity index (χ4v) is 3.33. The number of rotatable bonds is 2. The van der Waals surface area contributed by atoms with Crippen molar-refractivity contribution in [3.8, 4) is 0 Å². The SMILES string of the molecule is CNC(=O)[C@@H]1COC2(CN(C(=O)[C@H]3C[C@@H]3C)C2)CN1C. The Hall–Kier alpha value is -1.14. The molecule has 3 aliphatic rings. The number of nitrogens with one attached hydrogen (secondary N) is 1. The van der Waals surface area contributed by atoms with Gasteiger partial charge in [-0.1, -0.05) is 6.92 Å². The van der Waals surface area contributed by atoms with Crippen LogP contribution in [0.25, 0.3) is 0 Å². The van der Waals surface area contributed by atoms with Crippen molar-refractivity contribution in [2.24, 2.45) is 11.8 Å². The molecule has 0 aromatic carbocycles. The summed E-state index contributed by atoms with van der Waals surface area (Å²) in [5, 5.41) is 2.66. The van der Waals surface area contributed by atoms with E-state index in [0.717, 1.165) is 6.42 Å². The van der Waals surface area contributed by atoms with Crippen molar-refractivity contribution >= 4 is 11.8 Å². The van der Waals surface area contributed by atoms with Crippen molar-refractivity contribution < 1.29 is 14.3 Å². The summed E-state index contributed by atoms with van der Waals surface area (Å²) >= 11 is 0. The second-order valence-electron chi connectivity index (χ2n) is 6.55. The Labute approximate surface area is 119 Å². The van der Waals surface area contributed by atoms with Crippen molar-refractivity contribution in [1.29, 1.82) is 0 Å². The van der Waals surface area contributed by atoms with Crippen molar-refractivity contribution in [3.63, 3.8) is 0 Å². The van der Waals surface area contributed by atoms with E-state index in [0.29, 0.717) is 32.2 Å². The Morgan fingerprint density at radius 2 is 1.95 bits per heavy atom. The Balaban J connectivity index is 1.54. The van der Waals surface area contributed by atoms with E-state index in [4.69, 9.17) is 4.74 Å². The fourth-order valence-electron chi connectivity index (χ4n) is 3.33. The zero-order valence-electron chi connectivity index (χ0n) is 12.4. The van der Waals surface area contributed by atoms with E-state index in [1.807, 2.05) is 16.8 Å². The first-order valence-electron chi connectivity index (χ1n) is 7.30. The Bertz CT molecular complexity index is 433. The molecule has 1 saturated carbocycles. The zero-order valence-corrected chi connectivity index (χ0v) is 12.4. The highest BCUT2D eigenvalue weighted by molar-refractivity contribution is 5.83. The first-order valence-corrected chi connectivity index (χ1v) is 7.30. The van der Waals surface area contributed by atoms with E-state index in [-0.39, 0.29) is 29.4 Å². The lowest BCUT2D eigenvalue weighted by Gasteiger charge is -2.54. The van der Waals surface area contributed by atoms with Crippen LogP contribution in [0.2, 0.25) is 0 Å². The minimum atomic E-state index is -0.257. The van der Waals surface area contributed by atoms with Crippen LogP contribution in [0.4, 0.5) is 0 Å². The summed E-state index contributed by atoms with van der Waals surface area (Å²) in [5.74, 6) is 1.06. The van der Waals surface area contributed by atoms with Crippen LogP contribution in [0.3, 0.4) is 0 Å². The van der Waals surface area contributed by atoms with Crippen molar-refractivity contribution in [2.75, 3.05) is 40.3 Å². The molecule has 0 unspecified atom stereocenters. The van der Waals surface area contributed by atoms with Crippen LogP contribution in [0, 0.1) is 11.8 Å². The van der Waals surface area contributed by atoms with Crippen LogP contribution in [0.1, 0.15) is 13.3 Å². The highest BCUT2D eigenvalue weighted by Gasteiger charge is 2.54. The highest BCUT2D eigenvalue weighted by atomic mass is 16.5. The number of hydrogen-bond acceptors (Lipinski definition) is 4. The third kappa shape index (κ3) is 2.20. The molecule has 2 saturated heterocycles. The van der Waals surface area contributed by atoms with Gasteiger partial charge in [0.05, 0.1) is 19.7 Å². The molecule has 20 heavy (non-hydrogen) atoms. The van der Waals surface area contributed by atoms with E-state index in [1.165, 1.54) is 0 Å². The second-order valence-corrected chi connectivity index (χ2v) is 6.55. The lowest BCUT2D eigenvalue weighted by atomic mass is 9.90. The zero-order chi connectivity index (χ0) is 14.5. The van der Waals surface area contributed by atoms with Crippen molar-refractivity contribution in [3.05, 3.63) is 0 Å². The lowest BCUT2D eigenvalue weighted by Crippen LogP contribution is -2.73. The molecule has 0 bridgehead atoms. The van der Waals surface area contributed by atoms with Crippen LogP contribution < -0.4 is 5.32 Å². The molecule has 1 N–H and O–H groups in total. The van der Waals surface area contributed by atoms with E-state index in [9.17, 15) is 9.59 Å². The van der Waals surface area contributed by atoms with E-state index < -0.39 is 0 Å². The number of likely N-dealkylation sites (tertiary alicyclic amines) is 1. The molecule has 0 aromatic heterocycles. The number of morpholine rings is 1. The number of nitrogens with zero attached hydrogens (tertiary/aromatic N) is 2. The molecule has 6 heteroatoms. The predicted molar refractivity (Wildman–Crippen MR) is 73.0 cm³/mol. The van der Waals surface area contributed by atoms with Gasteiger partial charge < -0.3 is 15.0 Å². The average molecular weight is 281 g/mol. The predicted octanol–water partition coefficient (Wildman–Crippen LogP) is -0.700. The summed E-state index contributed by atoms with van der Waals surface area (Å²) in [6.45, 7) is 4.56. The van der Waals surface area contributed by atoms with Gasteiger partial charge in [-0.15, -0.1) is 0 Å². The molecule has 6 nitrogen and oxygen atoms in total. The van der Waals surface area contributed by atoms with Crippen molar-refractivity contribution in [2.45, 2.75) is 25.0 Å². The molecule has 0 radical (unpaired) electrons. The van der Waals surface area contributed by atoms with Gasteiger partial charge in [-0.25, -0.2) is 0 Å². The Morgan fingerprint density at radius 3 is 2.45 bits per heavy atom. The minimum absolute atomic E-state index is 0.0126. The van der Waals surface area contributed by atoms with E-state index >= 15 is 0 Å². The monoisotopic (exact) mass is 281 g/mol. The summed E-state index contributed by atoms with van der Waals surface area (Å²) in [4.78, 5) is 27.8. The molecule has 2 aliphatic heterocycles. The third-order valence-corrected chi connectivity index (χ3v) is 4.86. The Kier molecular flexibility index (Phi) is 3.25. The van der Waals surface area contributed by atoms with Crippen LogP contribution in [0.5, 0.6) is 0 Å². The number of likely N-dealkylation sites (N-methyl/N-ethyl adjacent to an activating group) is 2. The maximum atomic E-state index is 12.1. The summed E-state index contributed by atoms with van der Waals surface area (Å²) in [6.07, 6.45) is 1.03. The summed E-state index contributed by atoms with van der Waals surface area (Å²) in [6, 6.07) is -0.223. The van der Waals surface area contributed by atoms with Gasteiger partial charge in [-0.05, 0) is 19.4 Å². The maximum Gasteiger partial charge on any atom is 0.239 e. The van der Waals surface area contributed by atoms with Crippen LogP contribution in [-0.2, 0) is 14.3 Å². The van der Waals surface area contributed by atoms with Gasteiger partial charge in [-0.3, -0.25) is 14.5 Å². The fraction of sp³-hybridized carbons (Fsp3) is 0.857. The molecule has 3 rings (SSSR count). The normalized spacial score (nSPS) is 35.5. The van der Waals surface area contributed by atoms with Crippen LogP contribution in [0.15, 0.2) is 0 Å². The van der Waals surface area contributed by atoms with Gasteiger partial charge in [0.25, 0.3) is 0 Å². The van der Waals surface area contributed by atoms with Gasteiger partial charge >= 0.3 is 0 Å². The third-order valence-electron chi connectivity index (χ3n) is 4.86. The smallest absolute Gasteiger partial charge is 0.239 e. The van der Waals surface area contributed by atoms with Crippen LogP contribution in [-0.4, -0.2) is 73.6 Å². The molecule has 2 amide bonds. The molecular formula is C14H23N3O3. The Morgan fingerprint density at radius 1 is 1.30 bits per heavy atom. The largest absolute Gasteiger partial charge is 0.368 e. The minimum Gasteiger partial charge on any atom is -0.368 e. The van der Waals surface area contributed by atoms with Crippen LogP contribution >= 0.6 is 0 Å². The molecule has 1 spiro atoms. The van der Waals surface area contributed by atoms with Crippen molar-refractivity contribution in [1.82, 2.24) is 15.1 Å². The number of ether oxygens (including phenoxy) is 1. The second kappa shape index (κ2) is 4.70. The molecular weight excluding hydrogens is 258 g/mol. The molecule has 0 aromatic rings. The molecule has 3 fully saturated rings. The molecule has 3 atom stereocenters. The summed E-state index contributed by atoms with van der Waals surface area (Å²) in [7, 11) is 3.58. The maximum absolute atomic E-state index is 12.1. The summed E-state index contributed by atoms with van der Waals surface area (Å²) in [5.41, 5.74) is -0.257. The first kappa shape index (κ1) is 13.8. The number of carbonyl (C=O) groups excluding carboxylic acids is 2. The average Bonchev–Trinajstić information content (AvgIpc) is 3.11. The first-order chi connectivity index (χ1) is 9.46. The summed E-state index contributed by atoms with van der Waals surface area (Å²) < 4.78 is 5.92. The van der Waals surface area contributed by atoms with E-state index in [1.54, 1.807) is 7.05 Å².